The largest absolute Gasteiger partial charge is 0.370 e. The normalized spacial score (nSPS) is 31.9. The zero-order valence-corrected chi connectivity index (χ0v) is 16.9. The Morgan fingerprint density at radius 1 is 1.18 bits per heavy atom. The number of carbonyl (C=O) groups excluding carboxylic acids is 1. The molecular weight excluding hydrogens is 346 g/mol. The summed E-state index contributed by atoms with van der Waals surface area (Å²) in [6, 6.07) is 14.7. The van der Waals surface area contributed by atoms with Crippen LogP contribution in [0.2, 0.25) is 0 Å². The van der Waals surface area contributed by atoms with Crippen molar-refractivity contribution in [2.75, 3.05) is 11.9 Å². The van der Waals surface area contributed by atoms with Gasteiger partial charge >= 0.3 is 0 Å². The molecule has 2 aliphatic rings. The minimum atomic E-state index is -0.440. The van der Waals surface area contributed by atoms with Gasteiger partial charge in [-0.2, -0.15) is 0 Å². The van der Waals surface area contributed by atoms with Gasteiger partial charge in [-0.1, -0.05) is 44.2 Å². The number of hydrogen-bond acceptors (Lipinski definition) is 3. The van der Waals surface area contributed by atoms with Gasteiger partial charge in [0, 0.05) is 12.7 Å². The first-order valence-corrected chi connectivity index (χ1v) is 10.4. The van der Waals surface area contributed by atoms with E-state index in [-0.39, 0.29) is 5.41 Å². The molecule has 0 spiro atoms. The van der Waals surface area contributed by atoms with E-state index in [1.165, 1.54) is 37.7 Å². The maximum atomic E-state index is 11.2. The molecule has 4 rings (SSSR count). The molecule has 4 unspecified atom stereocenters. The highest BCUT2D eigenvalue weighted by Gasteiger charge is 2.50. The van der Waals surface area contributed by atoms with Gasteiger partial charge in [0.05, 0.1) is 5.56 Å². The molecule has 1 amide bonds. The number of rotatable bonds is 5. The molecule has 2 saturated carbocycles. The molecule has 3 N–H and O–H groups in total. The van der Waals surface area contributed by atoms with Crippen LogP contribution in [0.1, 0.15) is 61.9 Å². The lowest BCUT2D eigenvalue weighted by atomic mass is 9.50. The molecule has 0 aliphatic heterocycles. The van der Waals surface area contributed by atoms with E-state index in [2.05, 4.69) is 54.5 Å². The van der Waals surface area contributed by atoms with Crippen molar-refractivity contribution >= 4 is 11.7 Å². The summed E-state index contributed by atoms with van der Waals surface area (Å²) in [5, 5.41) is 3.53. The topological polar surface area (TPSA) is 68.0 Å². The van der Waals surface area contributed by atoms with E-state index in [9.17, 15) is 4.79 Å². The van der Waals surface area contributed by atoms with Gasteiger partial charge in [-0.15, -0.1) is 0 Å². The van der Waals surface area contributed by atoms with E-state index in [0.717, 1.165) is 24.2 Å². The Kier molecular flexibility index (Phi) is 4.90. The average Bonchev–Trinajstić information content (AvgIpc) is 2.66. The third-order valence-corrected chi connectivity index (χ3v) is 6.83. The number of amides is 1. The van der Waals surface area contributed by atoms with Crippen molar-refractivity contribution in [1.82, 2.24) is 4.98 Å². The SMILES string of the molecule is CC1CC2CC(C)(CNc3ccc(C(N)=O)cn3)CC(c3ccccc3)(C1)C2. The van der Waals surface area contributed by atoms with Gasteiger partial charge in [0.1, 0.15) is 5.82 Å². The zero-order valence-electron chi connectivity index (χ0n) is 16.9. The predicted molar refractivity (Wildman–Crippen MR) is 113 cm³/mol. The molecule has 0 saturated heterocycles. The van der Waals surface area contributed by atoms with Crippen molar-refractivity contribution in [3.63, 3.8) is 0 Å². The molecule has 1 aromatic heterocycles. The third kappa shape index (κ3) is 3.78. The molecule has 2 aliphatic carbocycles. The van der Waals surface area contributed by atoms with E-state index >= 15 is 0 Å². The monoisotopic (exact) mass is 377 g/mol. The lowest BCUT2D eigenvalue weighted by molar-refractivity contribution is 0.0274. The van der Waals surface area contributed by atoms with Crippen LogP contribution >= 0.6 is 0 Å². The average molecular weight is 378 g/mol. The van der Waals surface area contributed by atoms with Gasteiger partial charge in [-0.3, -0.25) is 4.79 Å². The Balaban J connectivity index is 1.53. The molecule has 0 radical (unpaired) electrons. The van der Waals surface area contributed by atoms with Crippen molar-refractivity contribution in [1.29, 1.82) is 0 Å². The summed E-state index contributed by atoms with van der Waals surface area (Å²) in [6.07, 6.45) is 7.97. The predicted octanol–water partition coefficient (Wildman–Crippen LogP) is 4.77. The molecule has 4 atom stereocenters. The Labute approximate surface area is 167 Å². The Morgan fingerprint density at radius 2 is 1.96 bits per heavy atom. The molecular formula is C24H31N3O. The standard InChI is InChI=1S/C24H31N3O/c1-17-10-18-12-23(2,16-27-21-9-8-19(14-26-21)22(25)28)15-24(11-17,13-18)20-6-4-3-5-7-20/h3-9,14,17-18H,10-13,15-16H2,1-2H3,(H2,25,28)(H,26,27). The lowest BCUT2D eigenvalue weighted by Gasteiger charge is -2.55. The molecule has 1 heterocycles. The summed E-state index contributed by atoms with van der Waals surface area (Å²) >= 11 is 0. The smallest absolute Gasteiger partial charge is 0.250 e. The molecule has 1 aromatic carbocycles. The van der Waals surface area contributed by atoms with E-state index in [1.54, 1.807) is 12.3 Å². The molecule has 2 aromatic rings. The molecule has 4 heteroatoms. The Bertz CT molecular complexity index is 831. The number of nitrogens with zero attached hydrogens (tertiary/aromatic N) is 1. The van der Waals surface area contributed by atoms with Gasteiger partial charge in [0.25, 0.3) is 0 Å². The summed E-state index contributed by atoms with van der Waals surface area (Å²) in [6.45, 7) is 5.75. The van der Waals surface area contributed by atoms with E-state index in [4.69, 9.17) is 5.73 Å². The number of anilines is 1. The number of nitrogens with one attached hydrogen (secondary N) is 1. The van der Waals surface area contributed by atoms with Crippen molar-refractivity contribution in [2.45, 2.75) is 51.4 Å². The first-order chi connectivity index (χ1) is 13.4. The number of hydrogen-bond donors (Lipinski definition) is 2. The first kappa shape index (κ1) is 19.0. The van der Waals surface area contributed by atoms with Gasteiger partial charge in [0.2, 0.25) is 5.91 Å². The number of pyridine rings is 1. The van der Waals surface area contributed by atoms with Crippen molar-refractivity contribution in [3.8, 4) is 0 Å². The Hall–Kier alpha value is -2.36. The zero-order chi connectivity index (χ0) is 19.8. The summed E-state index contributed by atoms with van der Waals surface area (Å²) in [7, 11) is 0. The van der Waals surface area contributed by atoms with E-state index in [0.29, 0.717) is 11.0 Å². The van der Waals surface area contributed by atoms with Crippen LogP contribution in [-0.4, -0.2) is 17.4 Å². The molecule has 28 heavy (non-hydrogen) atoms. The van der Waals surface area contributed by atoms with Crippen molar-refractivity contribution in [3.05, 3.63) is 59.8 Å². The number of carbonyl (C=O) groups is 1. The van der Waals surface area contributed by atoms with E-state index in [1.807, 2.05) is 6.07 Å². The minimum absolute atomic E-state index is 0.225. The van der Waals surface area contributed by atoms with Gasteiger partial charge < -0.3 is 11.1 Å². The highest BCUT2D eigenvalue weighted by Crippen LogP contribution is 2.57. The fourth-order valence-electron chi connectivity index (χ4n) is 6.14. The van der Waals surface area contributed by atoms with Crippen LogP contribution in [0, 0.1) is 17.3 Å². The van der Waals surface area contributed by atoms with Crippen LogP contribution in [0.15, 0.2) is 48.7 Å². The van der Waals surface area contributed by atoms with Crippen molar-refractivity contribution in [2.24, 2.45) is 23.0 Å². The van der Waals surface area contributed by atoms with E-state index < -0.39 is 5.91 Å². The second kappa shape index (κ2) is 7.23. The number of benzene rings is 1. The van der Waals surface area contributed by atoms with Gasteiger partial charge in [-0.25, -0.2) is 4.98 Å². The van der Waals surface area contributed by atoms with Crippen LogP contribution in [0.3, 0.4) is 0 Å². The summed E-state index contributed by atoms with van der Waals surface area (Å²) < 4.78 is 0. The van der Waals surface area contributed by atoms with Crippen molar-refractivity contribution < 1.29 is 4.79 Å². The van der Waals surface area contributed by atoms with Crippen LogP contribution < -0.4 is 11.1 Å². The van der Waals surface area contributed by atoms with Crippen LogP contribution in [0.25, 0.3) is 0 Å². The second-order valence-corrected chi connectivity index (χ2v) is 9.60. The second-order valence-electron chi connectivity index (χ2n) is 9.60. The quantitative estimate of drug-likeness (QED) is 0.789. The number of primary amides is 1. The molecule has 2 bridgehead atoms. The number of fused-ring (bicyclic) bond motifs is 2. The minimum Gasteiger partial charge on any atom is -0.370 e. The Morgan fingerprint density at radius 3 is 2.64 bits per heavy atom. The highest BCUT2D eigenvalue weighted by atomic mass is 16.1. The molecule has 2 fully saturated rings. The van der Waals surface area contributed by atoms with Gasteiger partial charge in [0.15, 0.2) is 0 Å². The summed E-state index contributed by atoms with van der Waals surface area (Å²) in [5.41, 5.74) is 7.79. The number of nitrogens with two attached hydrogens (primary N) is 1. The fraction of sp³-hybridized carbons (Fsp3) is 0.500. The fourth-order valence-corrected chi connectivity index (χ4v) is 6.14. The highest BCUT2D eigenvalue weighted by molar-refractivity contribution is 5.92. The van der Waals surface area contributed by atoms with Crippen LogP contribution in [-0.2, 0) is 5.41 Å². The third-order valence-electron chi connectivity index (χ3n) is 6.83. The van der Waals surface area contributed by atoms with Crippen LogP contribution in [0.5, 0.6) is 0 Å². The van der Waals surface area contributed by atoms with Gasteiger partial charge in [-0.05, 0) is 72.5 Å². The first-order valence-electron chi connectivity index (χ1n) is 10.4. The maximum absolute atomic E-state index is 11.2. The molecule has 4 nitrogen and oxygen atoms in total. The summed E-state index contributed by atoms with van der Waals surface area (Å²) in [4.78, 5) is 15.6. The maximum Gasteiger partial charge on any atom is 0.250 e. The lowest BCUT2D eigenvalue weighted by Crippen LogP contribution is -2.48. The molecule has 148 valence electrons. The number of aromatic nitrogens is 1. The summed E-state index contributed by atoms with van der Waals surface area (Å²) in [5.74, 6) is 1.95. The van der Waals surface area contributed by atoms with Crippen LogP contribution in [0.4, 0.5) is 5.82 Å².